The number of ketones is 2. The Hall–Kier alpha value is -3.61. The Morgan fingerprint density at radius 2 is 1.43 bits per heavy atom. The lowest BCUT2D eigenvalue weighted by Gasteiger charge is -2.27. The van der Waals surface area contributed by atoms with Gasteiger partial charge in [-0.1, -0.05) is 67.1 Å². The fourth-order valence-electron chi connectivity index (χ4n) is 5.61. The monoisotopic (exact) mass is 485 g/mol. The van der Waals surface area contributed by atoms with Crippen LogP contribution < -0.4 is 4.90 Å². The molecule has 3 aromatic rings. The van der Waals surface area contributed by atoms with Crippen LogP contribution in [0.5, 0.6) is 0 Å². The van der Waals surface area contributed by atoms with Crippen molar-refractivity contribution in [1.82, 2.24) is 0 Å². The average Bonchev–Trinajstić information content (AvgIpc) is 3.44. The fraction of sp³-hybridized carbons (Fsp3) is 0.214. The van der Waals surface area contributed by atoms with Crippen LogP contribution in [0.25, 0.3) is 0 Å². The van der Waals surface area contributed by atoms with Crippen LogP contribution in [-0.4, -0.2) is 29.0 Å². The molecule has 1 spiro atoms. The van der Waals surface area contributed by atoms with E-state index in [0.29, 0.717) is 16.3 Å². The number of amides is 2. The Morgan fingerprint density at radius 3 is 2.00 bits per heavy atom. The zero-order chi connectivity index (χ0) is 24.5. The van der Waals surface area contributed by atoms with E-state index in [1.807, 2.05) is 19.1 Å². The van der Waals surface area contributed by atoms with Crippen molar-refractivity contribution in [3.63, 3.8) is 0 Å². The molecule has 2 fully saturated rings. The third-order valence-corrected chi connectivity index (χ3v) is 7.57. The van der Waals surface area contributed by atoms with Gasteiger partial charge in [0.05, 0.1) is 23.6 Å². The normalized spacial score (nSPS) is 24.4. The molecule has 2 amide bonds. The van der Waals surface area contributed by atoms with E-state index < -0.39 is 46.9 Å². The highest BCUT2D eigenvalue weighted by atomic mass is 35.5. The van der Waals surface area contributed by atoms with Crippen molar-refractivity contribution in [1.29, 1.82) is 0 Å². The summed E-state index contributed by atoms with van der Waals surface area (Å²) in [5, 5.41) is 0.491. The van der Waals surface area contributed by atoms with Crippen LogP contribution in [0.2, 0.25) is 5.02 Å². The van der Waals surface area contributed by atoms with Crippen molar-refractivity contribution in [2.24, 2.45) is 11.8 Å². The first-order valence-electron chi connectivity index (χ1n) is 11.5. The summed E-state index contributed by atoms with van der Waals surface area (Å²) in [5.41, 5.74) is 0.374. The van der Waals surface area contributed by atoms with Crippen LogP contribution in [0.3, 0.4) is 0 Å². The second-order valence-electron chi connectivity index (χ2n) is 9.06. The summed E-state index contributed by atoms with van der Waals surface area (Å²) in [6, 6.07) is 20.3. The predicted octanol–water partition coefficient (Wildman–Crippen LogP) is 4.60. The van der Waals surface area contributed by atoms with Crippen molar-refractivity contribution in [3.05, 3.63) is 100 Å². The molecule has 0 bridgehead atoms. The molecule has 7 heteroatoms. The molecule has 1 aliphatic carbocycles. The molecule has 174 valence electrons. The maximum absolute atomic E-state index is 13.9. The summed E-state index contributed by atoms with van der Waals surface area (Å²) in [6.45, 7) is 2.01. The summed E-state index contributed by atoms with van der Waals surface area (Å²) >= 11 is 6.06. The number of fused-ring (bicyclic) bond motifs is 3. The summed E-state index contributed by atoms with van der Waals surface area (Å²) in [4.78, 5) is 56.3. The number of nitrogens with zero attached hydrogens (tertiary/aromatic N) is 1. The number of Topliss-reactive ketones (excluding diaryl/α,β-unsaturated/α-hetero) is 2. The van der Waals surface area contributed by atoms with Crippen LogP contribution >= 0.6 is 11.6 Å². The van der Waals surface area contributed by atoms with Gasteiger partial charge < -0.3 is 4.74 Å². The Balaban J connectivity index is 1.52. The Morgan fingerprint density at radius 1 is 0.829 bits per heavy atom. The third kappa shape index (κ3) is 2.87. The molecule has 2 saturated heterocycles. The van der Waals surface area contributed by atoms with Gasteiger partial charge in [-0.15, -0.1) is 0 Å². The zero-order valence-electron chi connectivity index (χ0n) is 18.7. The number of halogens is 1. The largest absolute Gasteiger partial charge is 0.349 e. The molecule has 0 N–H and O–H groups in total. The number of ether oxygens (including phenoxy) is 1. The predicted molar refractivity (Wildman–Crippen MR) is 128 cm³/mol. The second-order valence-corrected chi connectivity index (χ2v) is 9.50. The number of hydrogen-bond donors (Lipinski definition) is 0. The van der Waals surface area contributed by atoms with Crippen molar-refractivity contribution < 1.29 is 23.9 Å². The van der Waals surface area contributed by atoms with E-state index in [0.717, 1.165) is 16.9 Å². The van der Waals surface area contributed by atoms with Gasteiger partial charge in [-0.05, 0) is 41.8 Å². The Bertz CT molecular complexity index is 1380. The van der Waals surface area contributed by atoms with E-state index in [9.17, 15) is 19.2 Å². The molecule has 2 aliphatic heterocycles. The molecule has 35 heavy (non-hydrogen) atoms. The Kier molecular flexibility index (Phi) is 4.82. The quantitative estimate of drug-likeness (QED) is 0.400. The van der Waals surface area contributed by atoms with Crippen molar-refractivity contribution in [2.75, 3.05) is 4.90 Å². The fourth-order valence-corrected chi connectivity index (χ4v) is 5.73. The van der Waals surface area contributed by atoms with Gasteiger partial charge >= 0.3 is 0 Å². The minimum Gasteiger partial charge on any atom is -0.349 e. The summed E-state index contributed by atoms with van der Waals surface area (Å²) in [7, 11) is 0. The summed E-state index contributed by atoms with van der Waals surface area (Å²) in [5.74, 6) is -4.54. The molecule has 2 heterocycles. The van der Waals surface area contributed by atoms with Gasteiger partial charge in [-0.25, -0.2) is 4.90 Å². The molecule has 0 aromatic heterocycles. The number of benzene rings is 3. The standard InChI is InChI=1S/C28H20ClNO5/c1-2-15-7-13-18(14-8-15)30-26(33)21-22(27(30)34)28(35-23(21)16-9-11-17(29)12-10-16)24(31)19-5-3-4-6-20(19)25(28)32/h3-14,21-23H,2H2,1H3/t21-,22-,23-/m1/s1. The number of aryl methyl sites for hydroxylation is 1. The van der Waals surface area contributed by atoms with Crippen LogP contribution in [0.15, 0.2) is 72.8 Å². The lowest BCUT2D eigenvalue weighted by molar-refractivity contribution is -0.127. The number of carbonyl (C=O) groups is 4. The van der Waals surface area contributed by atoms with E-state index in [2.05, 4.69) is 0 Å². The van der Waals surface area contributed by atoms with E-state index in [1.54, 1.807) is 60.7 Å². The number of rotatable bonds is 3. The molecule has 3 atom stereocenters. The van der Waals surface area contributed by atoms with Crippen LogP contribution in [-0.2, 0) is 20.7 Å². The second kappa shape index (κ2) is 7.70. The van der Waals surface area contributed by atoms with Gasteiger partial charge in [0, 0.05) is 16.1 Å². The molecular formula is C28H20ClNO5. The first kappa shape index (κ1) is 21.9. The highest BCUT2D eigenvalue weighted by Crippen LogP contribution is 2.57. The molecule has 0 radical (unpaired) electrons. The molecule has 0 saturated carbocycles. The Labute approximate surface area is 206 Å². The van der Waals surface area contributed by atoms with Gasteiger partial charge in [-0.3, -0.25) is 19.2 Å². The van der Waals surface area contributed by atoms with E-state index in [1.165, 1.54) is 0 Å². The van der Waals surface area contributed by atoms with Gasteiger partial charge in [0.1, 0.15) is 0 Å². The maximum atomic E-state index is 13.9. The lowest BCUT2D eigenvalue weighted by Crippen LogP contribution is -2.51. The molecule has 3 aromatic carbocycles. The number of carbonyl (C=O) groups excluding carboxylic acids is 4. The SMILES string of the molecule is CCc1ccc(N2C(=O)[C@H]3[C@@H](c4ccc(Cl)cc4)OC4(C(=O)c5ccccc5C4=O)[C@H]3C2=O)cc1. The summed E-state index contributed by atoms with van der Waals surface area (Å²) < 4.78 is 6.26. The van der Waals surface area contributed by atoms with Crippen molar-refractivity contribution in [3.8, 4) is 0 Å². The highest BCUT2D eigenvalue weighted by Gasteiger charge is 2.74. The first-order valence-corrected chi connectivity index (χ1v) is 11.8. The van der Waals surface area contributed by atoms with Gasteiger partial charge in [0.15, 0.2) is 0 Å². The number of imide groups is 1. The van der Waals surface area contributed by atoms with E-state index in [4.69, 9.17) is 16.3 Å². The minimum atomic E-state index is -2.08. The molecule has 6 nitrogen and oxygen atoms in total. The first-order chi connectivity index (χ1) is 16.9. The maximum Gasteiger partial charge on any atom is 0.241 e. The smallest absolute Gasteiger partial charge is 0.241 e. The van der Waals surface area contributed by atoms with Crippen molar-refractivity contribution in [2.45, 2.75) is 25.0 Å². The van der Waals surface area contributed by atoms with Gasteiger partial charge in [0.25, 0.3) is 0 Å². The topological polar surface area (TPSA) is 80.8 Å². The number of hydrogen-bond acceptors (Lipinski definition) is 5. The average molecular weight is 486 g/mol. The van der Waals surface area contributed by atoms with E-state index >= 15 is 0 Å². The molecule has 6 rings (SSSR count). The third-order valence-electron chi connectivity index (χ3n) is 7.32. The van der Waals surface area contributed by atoms with Gasteiger partial charge in [-0.2, -0.15) is 0 Å². The van der Waals surface area contributed by atoms with Crippen LogP contribution in [0, 0.1) is 11.8 Å². The molecular weight excluding hydrogens is 466 g/mol. The molecule has 0 unspecified atom stereocenters. The van der Waals surface area contributed by atoms with E-state index in [-0.39, 0.29) is 11.1 Å². The van der Waals surface area contributed by atoms with Crippen LogP contribution in [0.1, 0.15) is 44.9 Å². The zero-order valence-corrected chi connectivity index (χ0v) is 19.5. The number of anilines is 1. The lowest BCUT2D eigenvalue weighted by atomic mass is 9.77. The molecule has 3 aliphatic rings. The van der Waals surface area contributed by atoms with Gasteiger partial charge in [0.2, 0.25) is 29.0 Å². The van der Waals surface area contributed by atoms with Crippen molar-refractivity contribution >= 4 is 40.7 Å². The minimum absolute atomic E-state index is 0.207. The van der Waals surface area contributed by atoms with Crippen LogP contribution in [0.4, 0.5) is 5.69 Å². The highest BCUT2D eigenvalue weighted by molar-refractivity contribution is 6.37. The summed E-state index contributed by atoms with van der Waals surface area (Å²) in [6.07, 6.45) is -0.152.